The highest BCUT2D eigenvalue weighted by Crippen LogP contribution is 2.38. The lowest BCUT2D eigenvalue weighted by Crippen LogP contribution is -2.14. The molecule has 0 aliphatic heterocycles. The molecule has 0 bridgehead atoms. The second kappa shape index (κ2) is 8.99. The zero-order valence-corrected chi connectivity index (χ0v) is 15.8. The van der Waals surface area contributed by atoms with Gasteiger partial charge in [0.05, 0.1) is 18.2 Å². The second-order valence-electron chi connectivity index (χ2n) is 6.10. The van der Waals surface area contributed by atoms with Crippen LogP contribution in [0.3, 0.4) is 0 Å². The van der Waals surface area contributed by atoms with Crippen molar-refractivity contribution >= 4 is 12.0 Å². The number of halogens is 6. The van der Waals surface area contributed by atoms with Crippen LogP contribution in [0.1, 0.15) is 22.3 Å². The number of nitrogens with zero attached hydrogens (tertiary/aromatic N) is 1. The quantitative estimate of drug-likeness (QED) is 0.398. The smallest absolute Gasteiger partial charge is 0.416 e. The van der Waals surface area contributed by atoms with E-state index in [1.54, 1.807) is 6.07 Å². The average Bonchev–Trinajstić information content (AvgIpc) is 2.68. The lowest BCUT2D eigenvalue weighted by molar-refractivity contribution is -0.143. The Balaban J connectivity index is 2.34. The average molecular weight is 444 g/mol. The summed E-state index contributed by atoms with van der Waals surface area (Å²) in [6, 6.07) is 6.90. The van der Waals surface area contributed by atoms with Crippen LogP contribution < -0.4 is 15.2 Å². The van der Waals surface area contributed by atoms with E-state index in [1.165, 1.54) is 31.4 Å². The largest absolute Gasteiger partial charge is 0.493 e. The van der Waals surface area contributed by atoms with E-state index in [-0.39, 0.29) is 23.1 Å². The molecule has 0 fully saturated rings. The topological polar surface area (TPSA) is 85.3 Å². The van der Waals surface area contributed by atoms with E-state index in [0.717, 1.165) is 0 Å². The van der Waals surface area contributed by atoms with Gasteiger partial charge in [0.15, 0.2) is 11.5 Å². The number of hydrogen-bond donors (Lipinski definition) is 1. The molecule has 0 saturated heterocycles. The molecule has 0 aliphatic carbocycles. The van der Waals surface area contributed by atoms with Crippen LogP contribution in [0, 0.1) is 11.3 Å². The molecule has 0 radical (unpaired) electrons. The summed E-state index contributed by atoms with van der Waals surface area (Å²) >= 11 is 0. The summed E-state index contributed by atoms with van der Waals surface area (Å²) in [5.41, 5.74) is 1.62. The van der Waals surface area contributed by atoms with Gasteiger partial charge in [-0.25, -0.2) is 0 Å². The molecule has 0 aromatic heterocycles. The maximum Gasteiger partial charge on any atom is 0.416 e. The number of benzene rings is 2. The van der Waals surface area contributed by atoms with Crippen LogP contribution in [-0.4, -0.2) is 13.0 Å². The second-order valence-corrected chi connectivity index (χ2v) is 6.10. The van der Waals surface area contributed by atoms with Crippen LogP contribution in [0.2, 0.25) is 0 Å². The predicted molar refractivity (Wildman–Crippen MR) is 96.6 cm³/mol. The molecule has 0 saturated carbocycles. The molecular formula is C20H14F6N2O3. The van der Waals surface area contributed by atoms with Crippen molar-refractivity contribution in [2.75, 3.05) is 7.11 Å². The lowest BCUT2D eigenvalue weighted by Gasteiger charge is -2.17. The Kier molecular flexibility index (Phi) is 6.84. The summed E-state index contributed by atoms with van der Waals surface area (Å²) in [7, 11) is 1.24. The maximum absolute atomic E-state index is 13.2. The van der Waals surface area contributed by atoms with Gasteiger partial charge in [-0.2, -0.15) is 31.6 Å². The van der Waals surface area contributed by atoms with Gasteiger partial charge in [-0.3, -0.25) is 4.79 Å². The number of carbonyl (C=O) groups is 1. The highest BCUT2D eigenvalue weighted by Gasteiger charge is 2.38. The number of rotatable bonds is 6. The number of alkyl halides is 6. The third-order valence-electron chi connectivity index (χ3n) is 4.01. The van der Waals surface area contributed by atoms with Gasteiger partial charge >= 0.3 is 12.4 Å². The summed E-state index contributed by atoms with van der Waals surface area (Å²) in [5, 5.41) is 8.87. The van der Waals surface area contributed by atoms with Crippen LogP contribution in [0.25, 0.3) is 6.08 Å². The van der Waals surface area contributed by atoms with Gasteiger partial charge in [-0.15, -0.1) is 0 Å². The molecule has 2 rings (SSSR count). The van der Waals surface area contributed by atoms with Crippen molar-refractivity contribution in [2.24, 2.45) is 5.73 Å². The molecule has 0 aliphatic rings. The van der Waals surface area contributed by atoms with E-state index in [4.69, 9.17) is 20.5 Å². The van der Waals surface area contributed by atoms with Gasteiger partial charge in [-0.05, 0) is 35.9 Å². The third-order valence-corrected chi connectivity index (χ3v) is 4.01. The number of amides is 1. The van der Waals surface area contributed by atoms with Crippen LogP contribution in [0.5, 0.6) is 11.5 Å². The molecule has 0 spiro atoms. The Bertz CT molecular complexity index is 1050. The summed E-state index contributed by atoms with van der Waals surface area (Å²) in [5.74, 6) is -0.912. The van der Waals surface area contributed by atoms with Crippen molar-refractivity contribution in [3.63, 3.8) is 0 Å². The number of nitrogens with two attached hydrogens (primary N) is 1. The number of primary amides is 1. The predicted octanol–water partition coefficient (Wildman–Crippen LogP) is 4.70. The molecule has 5 nitrogen and oxygen atoms in total. The normalized spacial score (nSPS) is 12.3. The van der Waals surface area contributed by atoms with E-state index in [0.29, 0.717) is 17.7 Å². The van der Waals surface area contributed by atoms with E-state index in [9.17, 15) is 31.1 Å². The molecule has 11 heteroatoms. The number of carbonyl (C=O) groups excluding carboxylic acids is 1. The monoisotopic (exact) mass is 444 g/mol. The van der Waals surface area contributed by atoms with Crippen LogP contribution >= 0.6 is 0 Å². The number of nitriles is 1. The minimum absolute atomic E-state index is 0.00902. The highest BCUT2D eigenvalue weighted by molar-refractivity contribution is 6.00. The van der Waals surface area contributed by atoms with Gasteiger partial charge in [0.1, 0.15) is 18.2 Å². The van der Waals surface area contributed by atoms with E-state index in [2.05, 4.69) is 0 Å². The van der Waals surface area contributed by atoms with Gasteiger partial charge in [0, 0.05) is 5.56 Å². The van der Waals surface area contributed by atoms with Crippen molar-refractivity contribution in [1.82, 2.24) is 0 Å². The fraction of sp³-hybridized carbons (Fsp3) is 0.200. The summed E-state index contributed by atoms with van der Waals surface area (Å²) in [4.78, 5) is 11.1. The van der Waals surface area contributed by atoms with Crippen molar-refractivity contribution in [3.05, 3.63) is 64.2 Å². The Morgan fingerprint density at radius 1 is 1.06 bits per heavy atom. The SMILES string of the molecule is COc1cc(/C=C(\C#N)C(N)=O)ccc1OCc1ccc(C(F)(F)F)cc1C(F)(F)F. The molecule has 2 aromatic carbocycles. The number of hydrogen-bond acceptors (Lipinski definition) is 4. The molecule has 1 amide bonds. The third kappa shape index (κ3) is 5.91. The summed E-state index contributed by atoms with van der Waals surface area (Å²) in [6.07, 6.45) is -8.79. The van der Waals surface area contributed by atoms with Gasteiger partial charge in [0.25, 0.3) is 5.91 Å². The molecule has 2 N–H and O–H groups in total. The highest BCUT2D eigenvalue weighted by atomic mass is 19.4. The first-order valence-electron chi connectivity index (χ1n) is 8.36. The Hall–Kier alpha value is -3.68. The lowest BCUT2D eigenvalue weighted by atomic mass is 10.0. The van der Waals surface area contributed by atoms with Gasteiger partial charge in [0.2, 0.25) is 0 Å². The Morgan fingerprint density at radius 3 is 2.26 bits per heavy atom. The zero-order valence-electron chi connectivity index (χ0n) is 15.8. The van der Waals surface area contributed by atoms with Crippen molar-refractivity contribution < 1.29 is 40.6 Å². The number of ether oxygens (including phenoxy) is 2. The van der Waals surface area contributed by atoms with Crippen LogP contribution in [0.15, 0.2) is 42.0 Å². The molecule has 0 unspecified atom stereocenters. The van der Waals surface area contributed by atoms with Gasteiger partial charge < -0.3 is 15.2 Å². The first-order valence-corrected chi connectivity index (χ1v) is 8.36. The molecular weight excluding hydrogens is 430 g/mol. The Morgan fingerprint density at radius 2 is 1.74 bits per heavy atom. The van der Waals surface area contributed by atoms with Crippen molar-refractivity contribution in [2.45, 2.75) is 19.0 Å². The molecule has 2 aromatic rings. The molecule has 164 valence electrons. The Labute approximate surface area is 172 Å². The van der Waals surface area contributed by atoms with Crippen molar-refractivity contribution in [3.8, 4) is 17.6 Å². The van der Waals surface area contributed by atoms with E-state index >= 15 is 0 Å². The van der Waals surface area contributed by atoms with Crippen LogP contribution in [0.4, 0.5) is 26.3 Å². The maximum atomic E-state index is 13.2. The minimum Gasteiger partial charge on any atom is -0.493 e. The first-order chi connectivity index (χ1) is 14.4. The van der Waals surface area contributed by atoms with Crippen molar-refractivity contribution in [1.29, 1.82) is 5.26 Å². The van der Waals surface area contributed by atoms with Gasteiger partial charge in [-0.1, -0.05) is 12.1 Å². The van der Waals surface area contributed by atoms with E-state index < -0.39 is 41.6 Å². The molecule has 0 atom stereocenters. The molecule has 0 heterocycles. The summed E-state index contributed by atoms with van der Waals surface area (Å²) < 4.78 is 88.5. The van der Waals surface area contributed by atoms with E-state index in [1.807, 2.05) is 0 Å². The molecule has 31 heavy (non-hydrogen) atoms. The minimum atomic E-state index is -5.03. The standard InChI is InChI=1S/C20H14F6N2O3/c1-30-17-7-11(6-13(9-27)18(28)29)2-5-16(17)31-10-12-3-4-14(19(21,22)23)8-15(12)20(24,25)26/h2-8H,10H2,1H3,(H2,28,29)/b13-6+. The fourth-order valence-electron chi connectivity index (χ4n) is 2.52. The first kappa shape index (κ1) is 23.6. The summed E-state index contributed by atoms with van der Waals surface area (Å²) in [6.45, 7) is -0.691. The zero-order chi connectivity index (χ0) is 23.4. The number of methoxy groups -OCH3 is 1. The van der Waals surface area contributed by atoms with Crippen LogP contribution in [-0.2, 0) is 23.8 Å². The fourth-order valence-corrected chi connectivity index (χ4v) is 2.52.